The predicted molar refractivity (Wildman–Crippen MR) is 178 cm³/mol. The van der Waals surface area contributed by atoms with Crippen LogP contribution in [0.2, 0.25) is 0 Å². The summed E-state index contributed by atoms with van der Waals surface area (Å²) in [6.45, 7) is 21.6. The molecule has 8 heteroatoms. The molecule has 1 saturated heterocycles. The second kappa shape index (κ2) is 10.3. The summed E-state index contributed by atoms with van der Waals surface area (Å²) >= 11 is 0. The second-order valence-corrected chi connectivity index (χ2v) is 18.9. The molecule has 0 bridgehead atoms. The minimum absolute atomic E-state index is 0.00295. The van der Waals surface area contributed by atoms with E-state index in [0.717, 1.165) is 50.5 Å². The van der Waals surface area contributed by atoms with Gasteiger partial charge < -0.3 is 4.74 Å². The van der Waals surface area contributed by atoms with E-state index in [4.69, 9.17) is 4.74 Å². The molecule has 0 radical (unpaired) electrons. The van der Waals surface area contributed by atoms with Gasteiger partial charge in [-0.1, -0.05) is 60.1 Å². The average molecular weight is 646 g/mol. The zero-order valence-electron chi connectivity index (χ0n) is 30.3. The maximum Gasteiger partial charge on any atom is 0.429 e. The van der Waals surface area contributed by atoms with Gasteiger partial charge in [0.25, 0.3) is 0 Å². The molecule has 6 aliphatic rings. The van der Waals surface area contributed by atoms with Crippen molar-refractivity contribution in [2.75, 3.05) is 13.1 Å². The molecule has 0 aromatic carbocycles. The molecule has 0 unspecified atom stereocenters. The Morgan fingerprint density at radius 1 is 1.00 bits per heavy atom. The molecule has 8 nitrogen and oxygen atoms in total. The van der Waals surface area contributed by atoms with Crippen LogP contribution in [-0.4, -0.2) is 52.3 Å². The molecule has 0 spiro atoms. The molecule has 1 aliphatic heterocycles. The van der Waals surface area contributed by atoms with E-state index >= 15 is 0 Å². The summed E-state index contributed by atoms with van der Waals surface area (Å²) in [5, 5.41) is 13.2. The average Bonchev–Trinajstić information content (AvgIpc) is 3.31. The summed E-state index contributed by atoms with van der Waals surface area (Å²) in [5.41, 5.74) is -1.55. The Hall–Kier alpha value is -2.95. The van der Waals surface area contributed by atoms with Gasteiger partial charge in [0.2, 0.25) is 5.91 Å². The van der Waals surface area contributed by atoms with E-state index in [1.165, 1.54) is 5.01 Å². The summed E-state index contributed by atoms with van der Waals surface area (Å²) in [6, 6.07) is 2.20. The Bertz CT molecular complexity index is 1540. The van der Waals surface area contributed by atoms with Gasteiger partial charge >= 0.3 is 6.09 Å². The number of rotatable bonds is 2. The van der Waals surface area contributed by atoms with Crippen molar-refractivity contribution >= 4 is 23.6 Å². The molecule has 0 aromatic heterocycles. The van der Waals surface area contributed by atoms with Crippen LogP contribution < -0.4 is 0 Å². The van der Waals surface area contributed by atoms with E-state index in [1.807, 2.05) is 46.8 Å². The fourth-order valence-corrected chi connectivity index (χ4v) is 11.6. The van der Waals surface area contributed by atoms with Gasteiger partial charge in [-0.25, -0.2) is 14.8 Å². The third-order valence-corrected chi connectivity index (χ3v) is 14.2. The first kappa shape index (κ1) is 33.9. The Kier molecular flexibility index (Phi) is 7.42. The minimum Gasteiger partial charge on any atom is -0.442 e. The van der Waals surface area contributed by atoms with E-state index < -0.39 is 22.5 Å². The first-order valence-electron chi connectivity index (χ1n) is 17.8. The number of hydrogen-bond donors (Lipinski definition) is 0. The lowest BCUT2D eigenvalue weighted by Crippen LogP contribution is -2.66. The molecule has 0 N–H and O–H groups in total. The SMILES string of the molecule is CC1(C)CC[C@]2(CN3C(=O)CCN3C(=O)OC(C)(C)C)CC[C@]3(C)[C@H](C(=O)C=C4[C@@]5(C)C=C(C#N)C(=O)C(C)(C)[C@@H]5CC[C@]43C)[C@@H]2C1. The number of carbonyl (C=O) groups is 4. The number of carbonyl (C=O) groups excluding carboxylic acids is 4. The number of fused-ring (bicyclic) bond motifs is 7. The van der Waals surface area contributed by atoms with Gasteiger partial charge in [0.15, 0.2) is 11.6 Å². The van der Waals surface area contributed by atoms with Crippen LogP contribution in [0.1, 0.15) is 121 Å². The molecular weight excluding hydrogens is 590 g/mol. The Morgan fingerprint density at radius 2 is 1.66 bits per heavy atom. The number of nitriles is 1. The van der Waals surface area contributed by atoms with E-state index in [1.54, 1.807) is 5.01 Å². The summed E-state index contributed by atoms with van der Waals surface area (Å²) in [4.78, 5) is 55.0. The van der Waals surface area contributed by atoms with Crippen LogP contribution in [-0.2, 0) is 19.1 Å². The molecule has 6 rings (SSSR count). The van der Waals surface area contributed by atoms with E-state index in [0.29, 0.717) is 13.1 Å². The monoisotopic (exact) mass is 645 g/mol. The van der Waals surface area contributed by atoms with Crippen LogP contribution in [0.3, 0.4) is 0 Å². The molecule has 3 saturated carbocycles. The van der Waals surface area contributed by atoms with Crippen LogP contribution in [0.25, 0.3) is 0 Å². The van der Waals surface area contributed by atoms with E-state index in [9.17, 15) is 24.4 Å². The number of ether oxygens (including phenoxy) is 1. The summed E-state index contributed by atoms with van der Waals surface area (Å²) < 4.78 is 5.72. The highest BCUT2D eigenvalue weighted by Crippen LogP contribution is 2.74. The molecule has 2 amide bonds. The van der Waals surface area contributed by atoms with E-state index in [2.05, 4.69) is 40.7 Å². The fraction of sp³-hybridized carbons (Fsp3) is 0.769. The molecule has 4 fully saturated rings. The number of Topliss-reactive ketones (excluding diaryl/α,β-unsaturated/α-hetero) is 1. The molecular formula is C39H55N3O5. The lowest BCUT2D eigenvalue weighted by atomic mass is 9.34. The van der Waals surface area contributed by atoms with Gasteiger partial charge in [-0.3, -0.25) is 14.4 Å². The van der Waals surface area contributed by atoms with Crippen LogP contribution in [0, 0.1) is 61.6 Å². The van der Waals surface area contributed by atoms with Gasteiger partial charge in [-0.05, 0) is 105 Å². The highest BCUT2D eigenvalue weighted by atomic mass is 16.6. The maximum absolute atomic E-state index is 14.9. The molecule has 0 aromatic rings. The largest absolute Gasteiger partial charge is 0.442 e. The lowest BCUT2D eigenvalue weighted by molar-refractivity contribution is -0.182. The first-order chi connectivity index (χ1) is 21.6. The highest BCUT2D eigenvalue weighted by molar-refractivity contribution is 6.04. The Labute approximate surface area is 281 Å². The van der Waals surface area contributed by atoms with Gasteiger partial charge in [0.1, 0.15) is 11.7 Å². The fourth-order valence-electron chi connectivity index (χ4n) is 11.6. The van der Waals surface area contributed by atoms with Crippen molar-refractivity contribution in [1.82, 2.24) is 10.0 Å². The highest BCUT2D eigenvalue weighted by Gasteiger charge is 2.70. The number of nitrogens with zero attached hydrogens (tertiary/aromatic N) is 3. The van der Waals surface area contributed by atoms with Gasteiger partial charge in [0.05, 0.1) is 12.1 Å². The van der Waals surface area contributed by atoms with Crippen molar-refractivity contribution in [2.45, 2.75) is 126 Å². The molecule has 1 heterocycles. The smallest absolute Gasteiger partial charge is 0.429 e. The van der Waals surface area contributed by atoms with Crippen molar-refractivity contribution in [3.8, 4) is 6.07 Å². The van der Waals surface area contributed by atoms with Crippen LogP contribution >= 0.6 is 0 Å². The van der Waals surface area contributed by atoms with Gasteiger partial charge in [0, 0.05) is 29.7 Å². The van der Waals surface area contributed by atoms with Crippen molar-refractivity contribution in [3.05, 3.63) is 23.3 Å². The quantitative estimate of drug-likeness (QED) is 0.306. The zero-order chi connectivity index (χ0) is 34.8. The summed E-state index contributed by atoms with van der Waals surface area (Å²) in [5.74, 6) is -0.194. The summed E-state index contributed by atoms with van der Waals surface area (Å²) in [7, 11) is 0. The molecule has 5 aliphatic carbocycles. The van der Waals surface area contributed by atoms with Crippen molar-refractivity contribution in [3.63, 3.8) is 0 Å². The number of hydrogen-bond acceptors (Lipinski definition) is 6. The first-order valence-corrected chi connectivity index (χ1v) is 17.8. The number of amides is 2. The minimum atomic E-state index is -0.699. The number of hydrazine groups is 1. The van der Waals surface area contributed by atoms with Crippen LogP contribution in [0.4, 0.5) is 4.79 Å². The molecule has 7 atom stereocenters. The number of ketones is 2. The van der Waals surface area contributed by atoms with Crippen LogP contribution in [0.5, 0.6) is 0 Å². The standard InChI is InChI=1S/C39H55N3O5/c1-33(2,3)47-32(46)41-18-12-29(44)42(41)23-39-16-14-34(4,5)21-25(39)30-26(43)19-28-36(8)20-24(22-40)31(45)35(6,7)27(36)11-13-37(28,9)38(30,10)15-17-39/h19-20,25,27,30H,11-18,21,23H2,1-10H3/t25-,27-,30-,36-,37+,38+,39+/m0/s1. The van der Waals surface area contributed by atoms with Crippen molar-refractivity contribution in [2.24, 2.45) is 50.2 Å². The second-order valence-electron chi connectivity index (χ2n) is 18.9. The predicted octanol–water partition coefficient (Wildman–Crippen LogP) is 7.59. The summed E-state index contributed by atoms with van der Waals surface area (Å²) in [6.07, 6.45) is 9.81. The van der Waals surface area contributed by atoms with Gasteiger partial charge in [-0.2, -0.15) is 5.26 Å². The molecule has 47 heavy (non-hydrogen) atoms. The van der Waals surface area contributed by atoms with Crippen molar-refractivity contribution < 1.29 is 23.9 Å². The maximum atomic E-state index is 14.9. The lowest BCUT2D eigenvalue weighted by Gasteiger charge is -2.69. The zero-order valence-corrected chi connectivity index (χ0v) is 30.3. The topological polar surface area (TPSA) is 108 Å². The normalized spacial score (nSPS) is 40.7. The third kappa shape index (κ3) is 4.79. The van der Waals surface area contributed by atoms with E-state index in [-0.39, 0.29) is 68.9 Å². The third-order valence-electron chi connectivity index (χ3n) is 14.2. The number of allylic oxidation sites excluding steroid dienone is 4. The Morgan fingerprint density at radius 3 is 2.30 bits per heavy atom. The Balaban J connectivity index is 1.43. The van der Waals surface area contributed by atoms with Crippen LogP contribution in [0.15, 0.2) is 23.3 Å². The van der Waals surface area contributed by atoms with Gasteiger partial charge in [-0.15, -0.1) is 0 Å². The van der Waals surface area contributed by atoms with Crippen molar-refractivity contribution in [1.29, 1.82) is 5.26 Å². The molecule has 256 valence electrons.